The second-order valence-corrected chi connectivity index (χ2v) is 5.00. The number of ether oxygens (including phenoxy) is 1. The first-order chi connectivity index (χ1) is 9.06. The van der Waals surface area contributed by atoms with E-state index in [2.05, 4.69) is 24.8 Å². The van der Waals surface area contributed by atoms with Crippen LogP contribution in [0.25, 0.3) is 0 Å². The van der Waals surface area contributed by atoms with Gasteiger partial charge in [-0.3, -0.25) is 4.90 Å². The van der Waals surface area contributed by atoms with Gasteiger partial charge < -0.3 is 14.5 Å². The molecule has 1 aromatic rings. The second kappa shape index (κ2) is 6.12. The van der Waals surface area contributed by atoms with Crippen LogP contribution in [0.15, 0.2) is 0 Å². The fourth-order valence-corrected chi connectivity index (χ4v) is 2.02. The summed E-state index contributed by atoms with van der Waals surface area (Å²) in [7, 11) is 6.03. The van der Waals surface area contributed by atoms with Crippen LogP contribution in [0.5, 0.6) is 0 Å². The largest absolute Gasteiger partial charge is 0.378 e. The third-order valence-electron chi connectivity index (χ3n) is 2.85. The van der Waals surface area contributed by atoms with Crippen molar-refractivity contribution in [3.8, 4) is 0 Å². The summed E-state index contributed by atoms with van der Waals surface area (Å²) in [5, 5.41) is 0. The molecule has 0 amide bonds. The number of hydrogen-bond acceptors (Lipinski definition) is 7. The van der Waals surface area contributed by atoms with Crippen LogP contribution in [0.1, 0.15) is 5.82 Å². The minimum atomic E-state index is 0.711. The second-order valence-electron chi connectivity index (χ2n) is 5.00. The molecular formula is C12H22N6O. The molecular weight excluding hydrogens is 244 g/mol. The fraction of sp³-hybridized carbons (Fsp3) is 0.750. The van der Waals surface area contributed by atoms with Crippen LogP contribution >= 0.6 is 0 Å². The molecule has 19 heavy (non-hydrogen) atoms. The van der Waals surface area contributed by atoms with E-state index < -0.39 is 0 Å². The minimum absolute atomic E-state index is 0.711. The van der Waals surface area contributed by atoms with Gasteiger partial charge in [-0.1, -0.05) is 0 Å². The summed E-state index contributed by atoms with van der Waals surface area (Å²) in [6.45, 7) is 5.80. The highest BCUT2D eigenvalue weighted by atomic mass is 16.5. The van der Waals surface area contributed by atoms with Crippen LogP contribution in [0, 0.1) is 6.92 Å². The van der Waals surface area contributed by atoms with Gasteiger partial charge in [0.15, 0.2) is 0 Å². The molecule has 1 aliphatic heterocycles. The predicted molar refractivity (Wildman–Crippen MR) is 74.6 cm³/mol. The molecule has 2 heterocycles. The Morgan fingerprint density at radius 2 is 1.79 bits per heavy atom. The van der Waals surface area contributed by atoms with Crippen molar-refractivity contribution in [3.05, 3.63) is 5.82 Å². The lowest BCUT2D eigenvalue weighted by Crippen LogP contribution is -2.38. The maximum atomic E-state index is 5.35. The quantitative estimate of drug-likeness (QED) is 0.709. The molecule has 0 spiro atoms. The van der Waals surface area contributed by atoms with Crippen LogP contribution in [0.4, 0.5) is 11.9 Å². The summed E-state index contributed by atoms with van der Waals surface area (Å²) in [5.41, 5.74) is 0. The Bertz CT molecular complexity index is 419. The van der Waals surface area contributed by atoms with Gasteiger partial charge in [-0.05, 0) is 21.0 Å². The SMILES string of the molecule is Cc1nc(N(C)CN(C)C)nc(N2CCOCC2)n1. The summed E-state index contributed by atoms with van der Waals surface area (Å²) < 4.78 is 5.35. The summed E-state index contributed by atoms with van der Waals surface area (Å²) >= 11 is 0. The smallest absolute Gasteiger partial charge is 0.231 e. The first-order valence-electron chi connectivity index (χ1n) is 6.47. The van der Waals surface area contributed by atoms with Gasteiger partial charge in [0.25, 0.3) is 0 Å². The van der Waals surface area contributed by atoms with Crippen LogP contribution in [-0.4, -0.2) is 74.0 Å². The zero-order valence-corrected chi connectivity index (χ0v) is 12.1. The number of aromatic nitrogens is 3. The Morgan fingerprint density at radius 3 is 2.42 bits per heavy atom. The molecule has 0 atom stereocenters. The Hall–Kier alpha value is -1.47. The van der Waals surface area contributed by atoms with Crippen molar-refractivity contribution in [2.75, 3.05) is 63.9 Å². The Kier molecular flexibility index (Phi) is 4.49. The molecule has 0 aromatic carbocycles. The highest BCUT2D eigenvalue weighted by Gasteiger charge is 2.16. The third kappa shape index (κ3) is 3.74. The van der Waals surface area contributed by atoms with Gasteiger partial charge in [-0.25, -0.2) is 0 Å². The molecule has 7 heteroatoms. The van der Waals surface area contributed by atoms with Gasteiger partial charge in [0.05, 0.1) is 19.9 Å². The number of anilines is 2. The number of rotatable bonds is 4. The Balaban J connectivity index is 2.18. The normalized spacial score (nSPS) is 15.9. The number of aryl methyl sites for hydroxylation is 1. The first kappa shape index (κ1) is 14.0. The van der Waals surface area contributed by atoms with Crippen molar-refractivity contribution < 1.29 is 4.74 Å². The molecule has 1 saturated heterocycles. The average Bonchev–Trinajstić information content (AvgIpc) is 2.38. The summed E-state index contributed by atoms with van der Waals surface area (Å²) in [6, 6.07) is 0. The van der Waals surface area contributed by atoms with Crippen molar-refractivity contribution >= 4 is 11.9 Å². The van der Waals surface area contributed by atoms with Crippen LogP contribution in [0.2, 0.25) is 0 Å². The van der Waals surface area contributed by atoms with Gasteiger partial charge in [0.2, 0.25) is 11.9 Å². The maximum absolute atomic E-state index is 5.35. The van der Waals surface area contributed by atoms with Crippen molar-refractivity contribution in [1.29, 1.82) is 0 Å². The van der Waals surface area contributed by atoms with E-state index in [1.165, 1.54) is 0 Å². The van der Waals surface area contributed by atoms with E-state index in [1.54, 1.807) is 0 Å². The average molecular weight is 266 g/mol. The van der Waals surface area contributed by atoms with E-state index in [-0.39, 0.29) is 0 Å². The number of hydrogen-bond donors (Lipinski definition) is 0. The van der Waals surface area contributed by atoms with E-state index in [4.69, 9.17) is 4.74 Å². The molecule has 106 valence electrons. The highest BCUT2D eigenvalue weighted by Crippen LogP contribution is 2.14. The van der Waals surface area contributed by atoms with E-state index >= 15 is 0 Å². The topological polar surface area (TPSA) is 57.6 Å². The van der Waals surface area contributed by atoms with Crippen LogP contribution in [-0.2, 0) is 4.74 Å². The molecule has 1 fully saturated rings. The van der Waals surface area contributed by atoms with Gasteiger partial charge in [-0.2, -0.15) is 15.0 Å². The summed E-state index contributed by atoms with van der Waals surface area (Å²) in [6.07, 6.45) is 0. The zero-order valence-electron chi connectivity index (χ0n) is 12.1. The molecule has 0 saturated carbocycles. The third-order valence-corrected chi connectivity index (χ3v) is 2.85. The number of morpholine rings is 1. The highest BCUT2D eigenvalue weighted by molar-refractivity contribution is 5.38. The van der Waals surface area contributed by atoms with E-state index in [1.807, 2.05) is 33.0 Å². The molecule has 0 radical (unpaired) electrons. The maximum Gasteiger partial charge on any atom is 0.231 e. The van der Waals surface area contributed by atoms with Gasteiger partial charge >= 0.3 is 0 Å². The monoisotopic (exact) mass is 266 g/mol. The van der Waals surface area contributed by atoms with Crippen molar-refractivity contribution in [2.45, 2.75) is 6.92 Å². The molecule has 0 N–H and O–H groups in total. The molecule has 2 rings (SSSR count). The molecule has 0 bridgehead atoms. The van der Waals surface area contributed by atoms with E-state index in [0.29, 0.717) is 5.95 Å². The van der Waals surface area contributed by atoms with Gasteiger partial charge in [0.1, 0.15) is 5.82 Å². The van der Waals surface area contributed by atoms with Crippen molar-refractivity contribution in [1.82, 2.24) is 19.9 Å². The molecule has 1 aliphatic rings. The molecule has 1 aromatic heterocycles. The van der Waals surface area contributed by atoms with Gasteiger partial charge in [0, 0.05) is 20.1 Å². The minimum Gasteiger partial charge on any atom is -0.378 e. The predicted octanol–water partition coefficient (Wildman–Crippen LogP) is -0.0281. The van der Waals surface area contributed by atoms with Crippen LogP contribution in [0.3, 0.4) is 0 Å². The lowest BCUT2D eigenvalue weighted by molar-refractivity contribution is 0.122. The molecule has 0 unspecified atom stereocenters. The van der Waals surface area contributed by atoms with E-state index in [9.17, 15) is 0 Å². The standard InChI is InChI=1S/C12H22N6O/c1-10-13-11(17(4)9-16(2)3)15-12(14-10)18-5-7-19-8-6-18/h5-9H2,1-4H3. The van der Waals surface area contributed by atoms with Crippen molar-refractivity contribution in [3.63, 3.8) is 0 Å². The van der Waals surface area contributed by atoms with Crippen molar-refractivity contribution in [2.24, 2.45) is 0 Å². The van der Waals surface area contributed by atoms with Crippen LogP contribution < -0.4 is 9.80 Å². The lowest BCUT2D eigenvalue weighted by atomic mass is 10.4. The first-order valence-corrected chi connectivity index (χ1v) is 6.47. The Labute approximate surface area is 114 Å². The van der Waals surface area contributed by atoms with E-state index in [0.717, 1.165) is 44.7 Å². The summed E-state index contributed by atoms with van der Waals surface area (Å²) in [5.74, 6) is 2.20. The zero-order chi connectivity index (χ0) is 13.8. The Morgan fingerprint density at radius 1 is 1.11 bits per heavy atom. The van der Waals surface area contributed by atoms with Gasteiger partial charge in [-0.15, -0.1) is 0 Å². The lowest BCUT2D eigenvalue weighted by Gasteiger charge is -2.28. The molecule has 7 nitrogen and oxygen atoms in total. The number of nitrogens with zero attached hydrogens (tertiary/aromatic N) is 6. The molecule has 0 aliphatic carbocycles. The summed E-state index contributed by atoms with van der Waals surface area (Å²) in [4.78, 5) is 19.6. The fourth-order valence-electron chi connectivity index (χ4n) is 2.02.